The van der Waals surface area contributed by atoms with Crippen LogP contribution in [0.5, 0.6) is 11.6 Å². The van der Waals surface area contributed by atoms with E-state index in [0.29, 0.717) is 29.6 Å². The fraction of sp³-hybridized carbons (Fsp3) is 0.400. The van der Waals surface area contributed by atoms with Gasteiger partial charge < -0.3 is 25.2 Å². The molecule has 1 aliphatic heterocycles. The lowest BCUT2D eigenvalue weighted by atomic mass is 10.1. The van der Waals surface area contributed by atoms with Crippen LogP contribution in [-0.4, -0.2) is 56.0 Å². The maximum absolute atomic E-state index is 14.0. The van der Waals surface area contributed by atoms with E-state index in [1.807, 2.05) is 4.90 Å². The van der Waals surface area contributed by atoms with Crippen molar-refractivity contribution in [2.24, 2.45) is 5.73 Å². The van der Waals surface area contributed by atoms with Gasteiger partial charge in [-0.15, -0.1) is 0 Å². The number of nitrogens with zero attached hydrogens (tertiary/aromatic N) is 5. The van der Waals surface area contributed by atoms with Gasteiger partial charge in [0.15, 0.2) is 17.2 Å². The Morgan fingerprint density at radius 1 is 1.39 bits per heavy atom. The molecule has 0 radical (unpaired) electrons. The molecule has 0 bridgehead atoms. The SMILES string of the molecule is NCCOc1ncc(F)cc1CN1c2nc3c(C(=O)O)cnn3cc2OC2CCCC21. The van der Waals surface area contributed by atoms with Gasteiger partial charge in [-0.05, 0) is 25.3 Å². The molecule has 11 heteroatoms. The maximum Gasteiger partial charge on any atom is 0.341 e. The third-order valence-corrected chi connectivity index (χ3v) is 5.63. The van der Waals surface area contributed by atoms with Gasteiger partial charge in [-0.25, -0.2) is 23.7 Å². The van der Waals surface area contributed by atoms with Crippen LogP contribution in [0, 0.1) is 5.82 Å². The van der Waals surface area contributed by atoms with Crippen LogP contribution in [0.25, 0.3) is 5.65 Å². The Kier molecular flexibility index (Phi) is 4.81. The maximum atomic E-state index is 14.0. The van der Waals surface area contributed by atoms with Gasteiger partial charge in [0.2, 0.25) is 5.88 Å². The van der Waals surface area contributed by atoms with E-state index in [4.69, 9.17) is 15.2 Å². The first-order valence-electron chi connectivity index (χ1n) is 10.1. The molecule has 10 nitrogen and oxygen atoms in total. The van der Waals surface area contributed by atoms with Crippen LogP contribution in [0.3, 0.4) is 0 Å². The van der Waals surface area contributed by atoms with E-state index >= 15 is 0 Å². The third kappa shape index (κ3) is 3.40. The van der Waals surface area contributed by atoms with Gasteiger partial charge in [-0.2, -0.15) is 5.10 Å². The van der Waals surface area contributed by atoms with E-state index in [2.05, 4.69) is 15.1 Å². The number of halogens is 1. The van der Waals surface area contributed by atoms with Crippen LogP contribution >= 0.6 is 0 Å². The number of anilines is 1. The minimum Gasteiger partial charge on any atom is -0.483 e. The summed E-state index contributed by atoms with van der Waals surface area (Å²) >= 11 is 0. The molecule has 1 saturated carbocycles. The number of hydrogen-bond donors (Lipinski definition) is 2. The van der Waals surface area contributed by atoms with Crippen LogP contribution < -0.4 is 20.1 Å². The van der Waals surface area contributed by atoms with Crippen molar-refractivity contribution < 1.29 is 23.8 Å². The van der Waals surface area contributed by atoms with Gasteiger partial charge in [0.1, 0.15) is 24.1 Å². The summed E-state index contributed by atoms with van der Waals surface area (Å²) in [5, 5.41) is 13.5. The molecule has 0 saturated heterocycles. The highest BCUT2D eigenvalue weighted by molar-refractivity contribution is 5.94. The molecule has 3 aromatic heterocycles. The molecule has 4 heterocycles. The number of aromatic carboxylic acids is 1. The van der Waals surface area contributed by atoms with Crippen molar-refractivity contribution in [3.05, 3.63) is 41.6 Å². The Hall–Kier alpha value is -3.47. The first-order chi connectivity index (χ1) is 15.0. The molecule has 5 rings (SSSR count). The first kappa shape index (κ1) is 19.5. The molecule has 1 fully saturated rings. The highest BCUT2D eigenvalue weighted by atomic mass is 19.1. The summed E-state index contributed by atoms with van der Waals surface area (Å²) in [5.41, 5.74) is 6.30. The molecule has 0 aromatic carbocycles. The summed E-state index contributed by atoms with van der Waals surface area (Å²) in [6, 6.07) is 1.40. The van der Waals surface area contributed by atoms with E-state index in [9.17, 15) is 14.3 Å². The number of aromatic nitrogens is 4. The molecular formula is C20H21FN6O4. The Morgan fingerprint density at radius 3 is 3.06 bits per heavy atom. The molecule has 3 aromatic rings. The van der Waals surface area contributed by atoms with E-state index in [1.54, 1.807) is 6.20 Å². The molecule has 2 atom stereocenters. The van der Waals surface area contributed by atoms with Gasteiger partial charge in [0, 0.05) is 12.1 Å². The number of ether oxygens (including phenoxy) is 2. The number of fused-ring (bicyclic) bond motifs is 3. The van der Waals surface area contributed by atoms with Crippen molar-refractivity contribution in [2.45, 2.75) is 38.0 Å². The van der Waals surface area contributed by atoms with Crippen molar-refractivity contribution in [1.82, 2.24) is 19.6 Å². The second-order valence-electron chi connectivity index (χ2n) is 7.60. The minimum atomic E-state index is -1.11. The average molecular weight is 428 g/mol. The Morgan fingerprint density at radius 2 is 2.26 bits per heavy atom. The van der Waals surface area contributed by atoms with Gasteiger partial charge >= 0.3 is 5.97 Å². The van der Waals surface area contributed by atoms with Crippen molar-refractivity contribution in [3.8, 4) is 11.6 Å². The second kappa shape index (κ2) is 7.65. The molecule has 2 aliphatic rings. The van der Waals surface area contributed by atoms with Crippen LogP contribution in [0.15, 0.2) is 24.7 Å². The number of pyridine rings is 1. The topological polar surface area (TPSA) is 128 Å². The summed E-state index contributed by atoms with van der Waals surface area (Å²) < 4.78 is 27.2. The minimum absolute atomic E-state index is 0.00399. The largest absolute Gasteiger partial charge is 0.483 e. The molecule has 162 valence electrons. The van der Waals surface area contributed by atoms with E-state index in [1.165, 1.54) is 16.8 Å². The lowest BCUT2D eigenvalue weighted by Gasteiger charge is -2.39. The number of carboxylic acid groups (broad SMARTS) is 1. The zero-order chi connectivity index (χ0) is 21.5. The number of hydrogen-bond acceptors (Lipinski definition) is 8. The fourth-order valence-corrected chi connectivity index (χ4v) is 4.29. The predicted octanol–water partition coefficient (Wildman–Crippen LogP) is 1.62. The molecular weight excluding hydrogens is 407 g/mol. The zero-order valence-corrected chi connectivity index (χ0v) is 16.6. The normalized spacial score (nSPS) is 19.7. The number of rotatable bonds is 6. The molecule has 1 aliphatic carbocycles. The first-order valence-corrected chi connectivity index (χ1v) is 10.1. The lowest BCUT2D eigenvalue weighted by Crippen LogP contribution is -2.47. The predicted molar refractivity (Wildman–Crippen MR) is 107 cm³/mol. The van der Waals surface area contributed by atoms with Crippen molar-refractivity contribution in [2.75, 3.05) is 18.1 Å². The van der Waals surface area contributed by atoms with Crippen LogP contribution in [0.1, 0.15) is 35.2 Å². The van der Waals surface area contributed by atoms with Crippen LogP contribution in [0.2, 0.25) is 0 Å². The number of carbonyl (C=O) groups is 1. The molecule has 0 spiro atoms. The quantitative estimate of drug-likeness (QED) is 0.602. The Bertz CT molecular complexity index is 1150. The summed E-state index contributed by atoms with van der Waals surface area (Å²) in [4.78, 5) is 22.3. The van der Waals surface area contributed by atoms with E-state index < -0.39 is 11.8 Å². The molecule has 3 N–H and O–H groups in total. The number of carboxylic acids is 1. The fourth-order valence-electron chi connectivity index (χ4n) is 4.29. The van der Waals surface area contributed by atoms with E-state index in [0.717, 1.165) is 25.5 Å². The van der Waals surface area contributed by atoms with Gasteiger partial charge in [-0.3, -0.25) is 0 Å². The molecule has 2 unspecified atom stereocenters. The van der Waals surface area contributed by atoms with Gasteiger partial charge in [-0.1, -0.05) is 0 Å². The molecule has 31 heavy (non-hydrogen) atoms. The van der Waals surface area contributed by atoms with Crippen LogP contribution in [-0.2, 0) is 6.54 Å². The summed E-state index contributed by atoms with van der Waals surface area (Å²) in [6.07, 6.45) is 6.71. The lowest BCUT2D eigenvalue weighted by molar-refractivity contribution is 0.0698. The van der Waals surface area contributed by atoms with Gasteiger partial charge in [0.05, 0.1) is 31.2 Å². The van der Waals surface area contributed by atoms with Gasteiger partial charge in [0.25, 0.3) is 0 Å². The second-order valence-corrected chi connectivity index (χ2v) is 7.60. The highest BCUT2D eigenvalue weighted by Crippen LogP contribution is 2.42. The Labute approximate surface area is 176 Å². The zero-order valence-electron chi connectivity index (χ0n) is 16.6. The monoisotopic (exact) mass is 428 g/mol. The third-order valence-electron chi connectivity index (χ3n) is 5.63. The van der Waals surface area contributed by atoms with E-state index in [-0.39, 0.29) is 36.5 Å². The van der Waals surface area contributed by atoms with Crippen molar-refractivity contribution in [1.29, 1.82) is 0 Å². The highest BCUT2D eigenvalue weighted by Gasteiger charge is 2.41. The summed E-state index contributed by atoms with van der Waals surface area (Å²) in [5.74, 6) is -0.279. The Balaban J connectivity index is 1.60. The smallest absolute Gasteiger partial charge is 0.341 e. The standard InChI is InChI=1S/C20H21FN6O4/c21-12-6-11(19(23-7-12)30-5-4-22)9-26-14-2-1-3-15(14)31-16-10-27-17(25-18(16)26)13(8-24-27)20(28)29/h6-8,10,14-15H,1-5,9,22H2,(H,28,29). The summed E-state index contributed by atoms with van der Waals surface area (Å²) in [7, 11) is 0. The van der Waals surface area contributed by atoms with Crippen molar-refractivity contribution >= 4 is 17.4 Å². The number of nitrogens with two attached hydrogens (primary N) is 1. The van der Waals surface area contributed by atoms with Crippen molar-refractivity contribution in [3.63, 3.8) is 0 Å². The van der Waals surface area contributed by atoms with Crippen LogP contribution in [0.4, 0.5) is 10.2 Å². The summed E-state index contributed by atoms with van der Waals surface area (Å²) in [6.45, 7) is 0.845. The molecule has 0 amide bonds. The average Bonchev–Trinajstić information content (AvgIpc) is 3.38.